The molecule has 1 saturated heterocycles. The number of benzene rings is 2. The summed E-state index contributed by atoms with van der Waals surface area (Å²) in [6, 6.07) is 17.6. The first-order valence-corrected chi connectivity index (χ1v) is 9.21. The van der Waals surface area contributed by atoms with Gasteiger partial charge < -0.3 is 9.84 Å². The lowest BCUT2D eigenvalue weighted by atomic mass is 10.0. The molecule has 2 aromatic rings. The van der Waals surface area contributed by atoms with Crippen molar-refractivity contribution in [3.05, 3.63) is 60.2 Å². The topological polar surface area (TPSA) is 53.0 Å². The van der Waals surface area contributed by atoms with E-state index in [0.29, 0.717) is 13.2 Å². The van der Waals surface area contributed by atoms with Crippen LogP contribution in [-0.2, 0) is 4.79 Å². The van der Waals surface area contributed by atoms with Crippen LogP contribution in [-0.4, -0.2) is 48.3 Å². The fraction of sp³-hybridized carbons (Fsp3) is 0.381. The second-order valence-electron chi connectivity index (χ2n) is 6.98. The maximum atomic E-state index is 13.3. The first-order chi connectivity index (χ1) is 12.7. The van der Waals surface area contributed by atoms with Crippen LogP contribution in [0.3, 0.4) is 0 Å². The van der Waals surface area contributed by atoms with Crippen molar-refractivity contribution < 1.29 is 14.6 Å². The molecule has 0 bridgehead atoms. The van der Waals surface area contributed by atoms with E-state index in [1.165, 1.54) is 0 Å². The Morgan fingerprint density at radius 2 is 1.73 bits per heavy atom. The smallest absolute Gasteiger partial charge is 0.241 e. The highest BCUT2D eigenvalue weighted by atomic mass is 16.5. The Morgan fingerprint density at radius 3 is 2.50 bits per heavy atom. The number of ether oxygens (including phenoxy) is 1. The van der Waals surface area contributed by atoms with E-state index < -0.39 is 0 Å². The number of anilines is 1. The van der Waals surface area contributed by atoms with Crippen molar-refractivity contribution in [3.63, 3.8) is 0 Å². The van der Waals surface area contributed by atoms with Crippen LogP contribution < -0.4 is 9.64 Å². The molecule has 5 nitrogen and oxygen atoms in total. The minimum Gasteiger partial charge on any atom is -0.489 e. The third kappa shape index (κ3) is 3.45. The summed E-state index contributed by atoms with van der Waals surface area (Å²) in [5, 5.41) is 9.69. The highest BCUT2D eigenvalue weighted by Gasteiger charge is 2.34. The summed E-state index contributed by atoms with van der Waals surface area (Å²) in [5.74, 6) is 0.827. The van der Waals surface area contributed by atoms with Crippen molar-refractivity contribution in [2.75, 3.05) is 31.1 Å². The fourth-order valence-corrected chi connectivity index (χ4v) is 3.76. The van der Waals surface area contributed by atoms with Gasteiger partial charge in [-0.05, 0) is 30.5 Å². The predicted molar refractivity (Wildman–Crippen MR) is 100 cm³/mol. The fourth-order valence-electron chi connectivity index (χ4n) is 3.76. The molecule has 0 aromatic heterocycles. The molecule has 1 fully saturated rings. The van der Waals surface area contributed by atoms with E-state index in [0.717, 1.165) is 42.9 Å². The van der Waals surface area contributed by atoms with Gasteiger partial charge in [-0.15, -0.1) is 0 Å². The molecule has 0 aliphatic carbocycles. The van der Waals surface area contributed by atoms with Crippen LogP contribution in [0.5, 0.6) is 5.75 Å². The maximum absolute atomic E-state index is 13.3. The van der Waals surface area contributed by atoms with E-state index in [1.54, 1.807) is 0 Å². The monoisotopic (exact) mass is 352 g/mol. The minimum atomic E-state index is -0.234. The van der Waals surface area contributed by atoms with Gasteiger partial charge in [0, 0.05) is 13.1 Å². The van der Waals surface area contributed by atoms with Gasteiger partial charge in [0.05, 0.1) is 24.4 Å². The average molecular weight is 352 g/mol. The summed E-state index contributed by atoms with van der Waals surface area (Å²) in [4.78, 5) is 17.3. The summed E-state index contributed by atoms with van der Waals surface area (Å²) in [6.07, 6.45) is 1.23. The first-order valence-electron chi connectivity index (χ1n) is 9.21. The van der Waals surface area contributed by atoms with Crippen LogP contribution in [0.15, 0.2) is 54.6 Å². The third-order valence-electron chi connectivity index (χ3n) is 5.20. The molecular weight excluding hydrogens is 328 g/mol. The molecule has 2 aromatic carbocycles. The number of likely N-dealkylation sites (tertiary alicyclic amines) is 1. The van der Waals surface area contributed by atoms with Gasteiger partial charge in [-0.3, -0.25) is 14.6 Å². The van der Waals surface area contributed by atoms with Crippen molar-refractivity contribution in [1.29, 1.82) is 0 Å². The quantitative estimate of drug-likeness (QED) is 0.923. The van der Waals surface area contributed by atoms with Gasteiger partial charge in [0.1, 0.15) is 12.4 Å². The summed E-state index contributed by atoms with van der Waals surface area (Å²) >= 11 is 0. The van der Waals surface area contributed by atoms with E-state index >= 15 is 0 Å². The van der Waals surface area contributed by atoms with Crippen LogP contribution in [0.25, 0.3) is 0 Å². The molecule has 0 unspecified atom stereocenters. The Bertz CT molecular complexity index is 757. The number of nitrogens with zero attached hydrogens (tertiary/aromatic N) is 2. The van der Waals surface area contributed by atoms with Crippen molar-refractivity contribution in [1.82, 2.24) is 4.90 Å². The van der Waals surface area contributed by atoms with Gasteiger partial charge in [-0.2, -0.15) is 0 Å². The lowest BCUT2D eigenvalue weighted by molar-refractivity contribution is -0.121. The highest BCUT2D eigenvalue weighted by molar-refractivity contribution is 5.97. The Hall–Kier alpha value is -2.37. The number of carbonyl (C=O) groups is 1. The Balaban J connectivity index is 1.61. The Kier molecular flexibility index (Phi) is 4.91. The van der Waals surface area contributed by atoms with Crippen LogP contribution in [0.1, 0.15) is 24.4 Å². The second kappa shape index (κ2) is 7.48. The number of hydrogen-bond donors (Lipinski definition) is 1. The largest absolute Gasteiger partial charge is 0.489 e. The number of rotatable bonds is 3. The predicted octanol–water partition coefficient (Wildman–Crippen LogP) is 2.61. The molecule has 1 N–H and O–H groups in total. The van der Waals surface area contributed by atoms with Crippen molar-refractivity contribution in [2.24, 2.45) is 0 Å². The van der Waals surface area contributed by atoms with E-state index in [4.69, 9.17) is 4.74 Å². The number of aliphatic hydroxyl groups excluding tert-OH is 1. The van der Waals surface area contributed by atoms with Gasteiger partial charge in [-0.25, -0.2) is 0 Å². The average Bonchev–Trinajstić information content (AvgIpc) is 2.69. The standard InChI is InChI=1S/C21H24N2O3/c24-17-10-12-22(13-11-17)14-21(25)23-18-8-4-5-9-20(18)26-15-19(23)16-6-2-1-3-7-16/h1-9,17,19,24H,10-15H2/t19-/m1/s1. The van der Waals surface area contributed by atoms with Crippen LogP contribution in [0.4, 0.5) is 5.69 Å². The van der Waals surface area contributed by atoms with Crippen molar-refractivity contribution >= 4 is 11.6 Å². The van der Waals surface area contributed by atoms with Crippen molar-refractivity contribution in [2.45, 2.75) is 25.0 Å². The third-order valence-corrected chi connectivity index (χ3v) is 5.20. The summed E-state index contributed by atoms with van der Waals surface area (Å²) in [5.41, 5.74) is 1.90. The highest BCUT2D eigenvalue weighted by Crippen LogP contribution is 2.39. The second-order valence-corrected chi connectivity index (χ2v) is 6.98. The Morgan fingerprint density at radius 1 is 1.04 bits per heavy atom. The molecule has 1 atom stereocenters. The first kappa shape index (κ1) is 17.1. The molecule has 2 aliphatic rings. The number of amides is 1. The van der Waals surface area contributed by atoms with Gasteiger partial charge in [0.2, 0.25) is 5.91 Å². The maximum Gasteiger partial charge on any atom is 0.241 e. The number of aliphatic hydroxyl groups is 1. The molecule has 0 saturated carbocycles. The molecule has 4 rings (SSSR count). The molecule has 1 amide bonds. The molecule has 0 spiro atoms. The lowest BCUT2D eigenvalue weighted by Crippen LogP contribution is -2.48. The number of para-hydroxylation sites is 2. The molecule has 5 heteroatoms. The molecule has 26 heavy (non-hydrogen) atoms. The normalized spacial score (nSPS) is 21.1. The molecule has 0 radical (unpaired) electrons. The lowest BCUT2D eigenvalue weighted by Gasteiger charge is -2.39. The van der Waals surface area contributed by atoms with E-state index in [1.807, 2.05) is 59.5 Å². The molecule has 2 aliphatic heterocycles. The van der Waals surface area contributed by atoms with Crippen LogP contribution >= 0.6 is 0 Å². The van der Waals surface area contributed by atoms with Crippen LogP contribution in [0, 0.1) is 0 Å². The van der Waals surface area contributed by atoms with Crippen molar-refractivity contribution in [3.8, 4) is 5.75 Å². The summed E-state index contributed by atoms with van der Waals surface area (Å²) in [6.45, 7) is 2.33. The van der Waals surface area contributed by atoms with E-state index in [2.05, 4.69) is 4.90 Å². The van der Waals surface area contributed by atoms with Gasteiger partial charge >= 0.3 is 0 Å². The SMILES string of the molecule is O=C(CN1CCC(O)CC1)N1c2ccccc2OC[C@@H]1c1ccccc1. The summed E-state index contributed by atoms with van der Waals surface area (Å²) < 4.78 is 5.93. The number of carbonyl (C=O) groups excluding carboxylic acids is 1. The van der Waals surface area contributed by atoms with Crippen LogP contribution in [0.2, 0.25) is 0 Å². The minimum absolute atomic E-state index is 0.0750. The van der Waals surface area contributed by atoms with E-state index in [-0.39, 0.29) is 18.1 Å². The zero-order valence-corrected chi connectivity index (χ0v) is 14.8. The van der Waals surface area contributed by atoms with E-state index in [9.17, 15) is 9.90 Å². The molecular formula is C21H24N2O3. The van der Waals surface area contributed by atoms with Gasteiger partial charge in [0.25, 0.3) is 0 Å². The molecule has 2 heterocycles. The van der Waals surface area contributed by atoms with Gasteiger partial charge in [-0.1, -0.05) is 42.5 Å². The number of piperidine rings is 1. The number of fused-ring (bicyclic) bond motifs is 1. The zero-order chi connectivity index (χ0) is 17.9. The Labute approximate surface area is 153 Å². The molecule has 136 valence electrons. The number of hydrogen-bond acceptors (Lipinski definition) is 4. The van der Waals surface area contributed by atoms with Gasteiger partial charge in [0.15, 0.2) is 0 Å². The summed E-state index contributed by atoms with van der Waals surface area (Å²) in [7, 11) is 0. The zero-order valence-electron chi connectivity index (χ0n) is 14.8.